The van der Waals surface area contributed by atoms with Crippen LogP contribution in [0.4, 0.5) is 0 Å². The highest BCUT2D eigenvalue weighted by atomic mass is 16.5. The molecule has 1 fully saturated rings. The van der Waals surface area contributed by atoms with Crippen LogP contribution in [-0.4, -0.2) is 17.6 Å². The number of ether oxygens (including phenoxy) is 1. The number of rotatable bonds is 4. The molecule has 1 aromatic heterocycles. The molecule has 3 heteroatoms. The fourth-order valence-electron chi connectivity index (χ4n) is 3.39. The van der Waals surface area contributed by atoms with Crippen LogP contribution in [-0.2, 0) is 28.8 Å². The normalized spacial score (nSPS) is 24.6. The maximum absolute atomic E-state index is 11.6. The van der Waals surface area contributed by atoms with Gasteiger partial charge in [0.2, 0.25) is 0 Å². The van der Waals surface area contributed by atoms with E-state index in [4.69, 9.17) is 9.72 Å². The van der Waals surface area contributed by atoms with E-state index in [1.54, 1.807) is 0 Å². The summed E-state index contributed by atoms with van der Waals surface area (Å²) in [6.45, 7) is 2.36. The number of nitrogens with zero attached hydrogens (tertiary/aromatic N) is 1. The number of carbonyl (C=O) groups is 1. The number of fused-ring (bicyclic) bond motifs is 1. The molecule has 0 saturated heterocycles. The molecule has 0 radical (unpaired) electrons. The first-order valence-corrected chi connectivity index (χ1v) is 7.90. The third-order valence-corrected chi connectivity index (χ3v) is 4.59. The standard InChI is InChI=1S/C17H23NO2/c1-2-20-17(19)14-9-12(10-14)11-15-8-7-13-5-3-4-6-16(13)18-15/h7-8,12,14H,2-6,9-11H2,1H3. The SMILES string of the molecule is CCOC(=O)C1CC(Cc2ccc3c(n2)CCCC3)C1. The second kappa shape index (κ2) is 5.94. The molecule has 3 nitrogen and oxygen atoms in total. The molecule has 1 saturated carbocycles. The highest BCUT2D eigenvalue weighted by Crippen LogP contribution is 2.36. The van der Waals surface area contributed by atoms with Crippen LogP contribution in [0.15, 0.2) is 12.1 Å². The van der Waals surface area contributed by atoms with E-state index in [2.05, 4.69) is 12.1 Å². The van der Waals surface area contributed by atoms with Gasteiger partial charge in [-0.25, -0.2) is 0 Å². The lowest BCUT2D eigenvalue weighted by Gasteiger charge is -2.33. The number of carbonyl (C=O) groups excluding carboxylic acids is 1. The van der Waals surface area contributed by atoms with Crippen LogP contribution in [0.25, 0.3) is 0 Å². The average molecular weight is 273 g/mol. The van der Waals surface area contributed by atoms with Crippen molar-refractivity contribution < 1.29 is 9.53 Å². The van der Waals surface area contributed by atoms with E-state index < -0.39 is 0 Å². The fraction of sp³-hybridized carbons (Fsp3) is 0.647. The maximum atomic E-state index is 11.6. The summed E-state index contributed by atoms with van der Waals surface area (Å²) in [7, 11) is 0. The van der Waals surface area contributed by atoms with E-state index >= 15 is 0 Å². The molecule has 1 aromatic rings. The monoisotopic (exact) mass is 273 g/mol. The molecular weight excluding hydrogens is 250 g/mol. The summed E-state index contributed by atoms with van der Waals surface area (Å²) < 4.78 is 5.06. The van der Waals surface area contributed by atoms with Crippen molar-refractivity contribution in [3.63, 3.8) is 0 Å². The van der Waals surface area contributed by atoms with Crippen LogP contribution in [0.5, 0.6) is 0 Å². The molecule has 1 heterocycles. The van der Waals surface area contributed by atoms with E-state index in [0.717, 1.165) is 25.7 Å². The molecule has 108 valence electrons. The fourth-order valence-corrected chi connectivity index (χ4v) is 3.39. The Bertz CT molecular complexity index is 492. The second-order valence-electron chi connectivity index (χ2n) is 6.11. The minimum Gasteiger partial charge on any atom is -0.466 e. The summed E-state index contributed by atoms with van der Waals surface area (Å²) in [4.78, 5) is 16.4. The largest absolute Gasteiger partial charge is 0.466 e. The van der Waals surface area contributed by atoms with Crippen molar-refractivity contribution in [1.82, 2.24) is 4.98 Å². The van der Waals surface area contributed by atoms with Crippen molar-refractivity contribution in [3.05, 3.63) is 29.1 Å². The Balaban J connectivity index is 1.54. The zero-order valence-corrected chi connectivity index (χ0v) is 12.2. The highest BCUT2D eigenvalue weighted by molar-refractivity contribution is 5.73. The van der Waals surface area contributed by atoms with Crippen LogP contribution >= 0.6 is 0 Å². The summed E-state index contributed by atoms with van der Waals surface area (Å²) in [5.74, 6) is 0.735. The lowest BCUT2D eigenvalue weighted by atomic mass is 9.72. The second-order valence-corrected chi connectivity index (χ2v) is 6.11. The van der Waals surface area contributed by atoms with Gasteiger partial charge in [0.05, 0.1) is 12.5 Å². The van der Waals surface area contributed by atoms with Gasteiger partial charge in [0.1, 0.15) is 0 Å². The van der Waals surface area contributed by atoms with Crippen molar-refractivity contribution in [2.75, 3.05) is 6.61 Å². The highest BCUT2D eigenvalue weighted by Gasteiger charge is 2.35. The third-order valence-electron chi connectivity index (χ3n) is 4.59. The van der Waals surface area contributed by atoms with Crippen molar-refractivity contribution in [2.45, 2.75) is 51.9 Å². The van der Waals surface area contributed by atoms with E-state index in [0.29, 0.717) is 12.5 Å². The van der Waals surface area contributed by atoms with Gasteiger partial charge >= 0.3 is 5.97 Å². The minimum absolute atomic E-state index is 0.0119. The van der Waals surface area contributed by atoms with Gasteiger partial charge in [-0.2, -0.15) is 0 Å². The number of hydrogen-bond donors (Lipinski definition) is 0. The predicted molar refractivity (Wildman–Crippen MR) is 77.4 cm³/mol. The number of hydrogen-bond acceptors (Lipinski definition) is 3. The molecule has 2 aliphatic rings. The molecule has 0 spiro atoms. The molecule has 0 bridgehead atoms. The Morgan fingerprint density at radius 1 is 1.30 bits per heavy atom. The first-order chi connectivity index (χ1) is 9.76. The van der Waals surface area contributed by atoms with Crippen molar-refractivity contribution in [3.8, 4) is 0 Å². The van der Waals surface area contributed by atoms with Crippen LogP contribution in [0.2, 0.25) is 0 Å². The van der Waals surface area contributed by atoms with E-state index in [-0.39, 0.29) is 11.9 Å². The predicted octanol–water partition coefficient (Wildman–Crippen LogP) is 3.09. The molecule has 0 atom stereocenters. The summed E-state index contributed by atoms with van der Waals surface area (Å²) in [5.41, 5.74) is 3.96. The van der Waals surface area contributed by atoms with E-state index in [1.807, 2.05) is 6.92 Å². The molecule has 3 rings (SSSR count). The van der Waals surface area contributed by atoms with Gasteiger partial charge in [0.25, 0.3) is 0 Å². The summed E-state index contributed by atoms with van der Waals surface area (Å²) in [5, 5.41) is 0. The molecule has 0 aromatic carbocycles. The zero-order valence-electron chi connectivity index (χ0n) is 12.2. The van der Waals surface area contributed by atoms with Gasteiger partial charge < -0.3 is 4.74 Å². The maximum Gasteiger partial charge on any atom is 0.308 e. The van der Waals surface area contributed by atoms with Gasteiger partial charge in [0, 0.05) is 11.4 Å². The van der Waals surface area contributed by atoms with Crippen LogP contribution in [0.1, 0.15) is 49.6 Å². The molecule has 0 aliphatic heterocycles. The molecule has 0 N–H and O–H groups in total. The third kappa shape index (κ3) is 2.87. The van der Waals surface area contributed by atoms with Gasteiger partial charge in [-0.05, 0) is 69.4 Å². The van der Waals surface area contributed by atoms with Gasteiger partial charge in [0.15, 0.2) is 0 Å². The van der Waals surface area contributed by atoms with E-state index in [9.17, 15) is 4.79 Å². The van der Waals surface area contributed by atoms with E-state index in [1.165, 1.54) is 36.2 Å². The van der Waals surface area contributed by atoms with Gasteiger partial charge in [-0.15, -0.1) is 0 Å². The zero-order chi connectivity index (χ0) is 13.9. The Kier molecular flexibility index (Phi) is 4.04. The smallest absolute Gasteiger partial charge is 0.308 e. The Hall–Kier alpha value is -1.38. The van der Waals surface area contributed by atoms with Crippen LogP contribution in [0, 0.1) is 11.8 Å². The lowest BCUT2D eigenvalue weighted by molar-refractivity contribution is -0.152. The molecule has 20 heavy (non-hydrogen) atoms. The first-order valence-electron chi connectivity index (χ1n) is 7.90. The summed E-state index contributed by atoms with van der Waals surface area (Å²) in [6, 6.07) is 4.44. The molecular formula is C17H23NO2. The van der Waals surface area contributed by atoms with Gasteiger partial charge in [-0.3, -0.25) is 9.78 Å². The topological polar surface area (TPSA) is 39.2 Å². The number of aromatic nitrogens is 1. The van der Waals surface area contributed by atoms with Crippen molar-refractivity contribution in [1.29, 1.82) is 0 Å². The first kappa shape index (κ1) is 13.6. The lowest BCUT2D eigenvalue weighted by Crippen LogP contribution is -2.33. The van der Waals surface area contributed by atoms with Crippen LogP contribution < -0.4 is 0 Å². The quantitative estimate of drug-likeness (QED) is 0.791. The minimum atomic E-state index is -0.0119. The average Bonchev–Trinajstić information content (AvgIpc) is 2.42. The van der Waals surface area contributed by atoms with Crippen LogP contribution in [0.3, 0.4) is 0 Å². The summed E-state index contributed by atoms with van der Waals surface area (Å²) in [6.07, 6.45) is 7.87. The Morgan fingerprint density at radius 3 is 2.90 bits per heavy atom. The Morgan fingerprint density at radius 2 is 2.10 bits per heavy atom. The number of aryl methyl sites for hydroxylation is 2. The van der Waals surface area contributed by atoms with Gasteiger partial charge in [-0.1, -0.05) is 6.07 Å². The number of esters is 1. The van der Waals surface area contributed by atoms with Crippen molar-refractivity contribution >= 4 is 5.97 Å². The van der Waals surface area contributed by atoms with Crippen molar-refractivity contribution in [2.24, 2.45) is 11.8 Å². The molecule has 0 amide bonds. The molecule has 2 aliphatic carbocycles. The molecule has 0 unspecified atom stereocenters. The number of pyridine rings is 1. The summed E-state index contributed by atoms with van der Waals surface area (Å²) >= 11 is 0. The Labute approximate surface area is 120 Å².